The second-order valence-electron chi connectivity index (χ2n) is 6.27. The van der Waals surface area contributed by atoms with E-state index in [0.29, 0.717) is 16.3 Å². The molecule has 0 radical (unpaired) electrons. The molecule has 0 aromatic heterocycles. The molecule has 0 atom stereocenters. The number of hydrogen-bond donors (Lipinski definition) is 3. The molecule has 1 amide bonds. The smallest absolute Gasteiger partial charge is 0.240 e. The van der Waals surface area contributed by atoms with Gasteiger partial charge in [0.2, 0.25) is 15.9 Å². The molecule has 0 saturated heterocycles. The van der Waals surface area contributed by atoms with Crippen LogP contribution in [0.3, 0.4) is 0 Å². The summed E-state index contributed by atoms with van der Waals surface area (Å²) in [6.07, 6.45) is 0. The highest BCUT2D eigenvalue weighted by Crippen LogP contribution is 2.31. The van der Waals surface area contributed by atoms with Gasteiger partial charge in [0.05, 0.1) is 10.3 Å². The molecule has 6 nitrogen and oxygen atoms in total. The molecule has 2 aromatic carbocycles. The van der Waals surface area contributed by atoms with Crippen LogP contribution in [0.4, 0.5) is 5.69 Å². The third-order valence-electron chi connectivity index (χ3n) is 3.95. The number of rotatable bonds is 7. The lowest BCUT2D eigenvalue weighted by Crippen LogP contribution is -2.35. The number of amides is 1. The standard InChI is InChI=1S/C18H22ClN3O3S.ClH/c1-18(2,15-8-3-4-9-16(15)19)17(23)22-13-6-5-7-14(12-13)26(24,25)21-11-10-20;/h3-9,12,21H,10-11,20H2,1-2H3,(H,22,23);1H. The van der Waals surface area contributed by atoms with Gasteiger partial charge in [0.15, 0.2) is 0 Å². The Morgan fingerprint density at radius 3 is 2.44 bits per heavy atom. The Hall–Kier alpha value is -1.64. The van der Waals surface area contributed by atoms with Crippen molar-refractivity contribution in [2.45, 2.75) is 24.2 Å². The van der Waals surface area contributed by atoms with Crippen LogP contribution in [0.25, 0.3) is 0 Å². The maximum Gasteiger partial charge on any atom is 0.240 e. The van der Waals surface area contributed by atoms with Gasteiger partial charge in [0.1, 0.15) is 0 Å². The van der Waals surface area contributed by atoms with Crippen LogP contribution >= 0.6 is 24.0 Å². The zero-order chi connectivity index (χ0) is 19.4. The van der Waals surface area contributed by atoms with Crippen molar-refractivity contribution in [2.75, 3.05) is 18.4 Å². The summed E-state index contributed by atoms with van der Waals surface area (Å²) in [5, 5.41) is 3.26. The molecule has 0 saturated carbocycles. The minimum absolute atomic E-state index is 0. The Bertz CT molecular complexity index is 902. The Labute approximate surface area is 170 Å². The number of sulfonamides is 1. The van der Waals surface area contributed by atoms with Crippen molar-refractivity contribution in [3.63, 3.8) is 0 Å². The van der Waals surface area contributed by atoms with Gasteiger partial charge in [-0.25, -0.2) is 13.1 Å². The molecule has 9 heteroatoms. The highest BCUT2D eigenvalue weighted by atomic mass is 35.5. The summed E-state index contributed by atoms with van der Waals surface area (Å²) in [5.74, 6) is -0.296. The quantitative estimate of drug-likeness (QED) is 0.626. The van der Waals surface area contributed by atoms with Crippen molar-refractivity contribution < 1.29 is 13.2 Å². The van der Waals surface area contributed by atoms with Crippen LogP contribution in [0.15, 0.2) is 53.4 Å². The summed E-state index contributed by atoms with van der Waals surface area (Å²) in [6.45, 7) is 3.85. The van der Waals surface area contributed by atoms with Gasteiger partial charge in [-0.2, -0.15) is 0 Å². The molecule has 0 fully saturated rings. The van der Waals surface area contributed by atoms with Crippen LogP contribution in [-0.2, 0) is 20.2 Å². The lowest BCUT2D eigenvalue weighted by Gasteiger charge is -2.25. The first kappa shape index (κ1) is 23.4. The van der Waals surface area contributed by atoms with Crippen LogP contribution in [-0.4, -0.2) is 27.4 Å². The molecule has 0 aliphatic carbocycles. The molecule has 0 heterocycles. The van der Waals surface area contributed by atoms with E-state index in [9.17, 15) is 13.2 Å². The minimum Gasteiger partial charge on any atom is -0.329 e. The molecule has 27 heavy (non-hydrogen) atoms. The Kier molecular flexibility index (Phi) is 8.25. The van der Waals surface area contributed by atoms with E-state index in [1.807, 2.05) is 6.07 Å². The molecule has 4 N–H and O–H groups in total. The van der Waals surface area contributed by atoms with Crippen LogP contribution in [0.1, 0.15) is 19.4 Å². The van der Waals surface area contributed by atoms with Gasteiger partial charge in [-0.15, -0.1) is 12.4 Å². The zero-order valence-electron chi connectivity index (χ0n) is 15.0. The van der Waals surface area contributed by atoms with E-state index in [0.717, 1.165) is 0 Å². The van der Waals surface area contributed by atoms with Gasteiger partial charge in [-0.3, -0.25) is 4.79 Å². The van der Waals surface area contributed by atoms with Crippen LogP contribution < -0.4 is 15.8 Å². The molecule has 148 valence electrons. The van der Waals surface area contributed by atoms with E-state index in [2.05, 4.69) is 10.0 Å². The lowest BCUT2D eigenvalue weighted by atomic mass is 9.83. The van der Waals surface area contributed by atoms with Crippen molar-refractivity contribution in [3.05, 3.63) is 59.1 Å². The predicted octanol–water partition coefficient (Wildman–Crippen LogP) is 2.92. The molecule has 0 spiro atoms. The fraction of sp³-hybridized carbons (Fsp3) is 0.278. The number of hydrogen-bond acceptors (Lipinski definition) is 4. The largest absolute Gasteiger partial charge is 0.329 e. The monoisotopic (exact) mass is 431 g/mol. The van der Waals surface area contributed by atoms with Gasteiger partial charge in [-0.05, 0) is 43.7 Å². The maximum absolute atomic E-state index is 12.8. The van der Waals surface area contributed by atoms with Gasteiger partial charge >= 0.3 is 0 Å². The summed E-state index contributed by atoms with van der Waals surface area (Å²) >= 11 is 6.21. The number of benzene rings is 2. The van der Waals surface area contributed by atoms with Gasteiger partial charge in [-0.1, -0.05) is 35.9 Å². The zero-order valence-corrected chi connectivity index (χ0v) is 17.4. The van der Waals surface area contributed by atoms with Crippen LogP contribution in [0.2, 0.25) is 5.02 Å². The van der Waals surface area contributed by atoms with E-state index in [1.54, 1.807) is 44.2 Å². The average Bonchev–Trinajstić information content (AvgIpc) is 2.60. The van der Waals surface area contributed by atoms with Crippen LogP contribution in [0.5, 0.6) is 0 Å². The lowest BCUT2D eigenvalue weighted by molar-refractivity contribution is -0.120. The molecule has 0 bridgehead atoms. The molecule has 0 aliphatic rings. The first-order valence-electron chi connectivity index (χ1n) is 8.05. The van der Waals surface area contributed by atoms with E-state index >= 15 is 0 Å². The summed E-state index contributed by atoms with van der Waals surface area (Å²) in [7, 11) is -3.68. The third kappa shape index (κ3) is 5.67. The number of nitrogens with one attached hydrogen (secondary N) is 2. The Balaban J connectivity index is 0.00000364. The van der Waals surface area contributed by atoms with Gasteiger partial charge < -0.3 is 11.1 Å². The first-order valence-corrected chi connectivity index (χ1v) is 9.91. The van der Waals surface area contributed by atoms with Gasteiger partial charge in [0.25, 0.3) is 0 Å². The summed E-state index contributed by atoms with van der Waals surface area (Å²) in [4.78, 5) is 12.8. The Morgan fingerprint density at radius 2 is 1.81 bits per heavy atom. The van der Waals surface area contributed by atoms with Crippen molar-refractivity contribution in [1.29, 1.82) is 0 Å². The molecule has 0 unspecified atom stereocenters. The average molecular weight is 432 g/mol. The second-order valence-corrected chi connectivity index (χ2v) is 8.45. The topological polar surface area (TPSA) is 101 Å². The minimum atomic E-state index is -3.68. The third-order valence-corrected chi connectivity index (χ3v) is 5.74. The molecule has 2 aromatic rings. The molecular weight excluding hydrogens is 409 g/mol. The number of carbonyl (C=O) groups excluding carboxylic acids is 1. The van der Waals surface area contributed by atoms with Crippen molar-refractivity contribution in [2.24, 2.45) is 5.73 Å². The highest BCUT2D eigenvalue weighted by molar-refractivity contribution is 7.89. The highest BCUT2D eigenvalue weighted by Gasteiger charge is 2.31. The fourth-order valence-corrected chi connectivity index (χ4v) is 3.86. The SMILES string of the molecule is CC(C)(C(=O)Nc1cccc(S(=O)(=O)NCCN)c1)c1ccccc1Cl.Cl. The number of carbonyl (C=O) groups is 1. The van der Waals surface area contributed by atoms with Crippen LogP contribution in [0, 0.1) is 0 Å². The van der Waals surface area contributed by atoms with E-state index in [-0.39, 0.29) is 36.3 Å². The maximum atomic E-state index is 12.8. The molecule has 2 rings (SSSR count). The van der Waals surface area contributed by atoms with E-state index in [1.165, 1.54) is 12.1 Å². The summed E-state index contributed by atoms with van der Waals surface area (Å²) in [5.41, 5.74) is 5.50. The van der Waals surface area contributed by atoms with Gasteiger partial charge in [0, 0.05) is 23.8 Å². The summed E-state index contributed by atoms with van der Waals surface area (Å²) < 4.78 is 26.8. The normalized spacial score (nSPS) is 11.6. The number of anilines is 1. The van der Waals surface area contributed by atoms with Crippen molar-refractivity contribution in [1.82, 2.24) is 4.72 Å². The fourth-order valence-electron chi connectivity index (χ4n) is 2.40. The Morgan fingerprint density at radius 1 is 1.15 bits per heavy atom. The summed E-state index contributed by atoms with van der Waals surface area (Å²) in [6, 6.07) is 13.2. The number of halogens is 2. The second kappa shape index (κ2) is 9.52. The van der Waals surface area contributed by atoms with E-state index < -0.39 is 15.4 Å². The molecule has 0 aliphatic heterocycles. The number of nitrogens with two attached hydrogens (primary N) is 1. The van der Waals surface area contributed by atoms with Crippen molar-refractivity contribution in [3.8, 4) is 0 Å². The first-order chi connectivity index (χ1) is 12.2. The molecular formula is C18H23Cl2N3O3S. The predicted molar refractivity (Wildman–Crippen MR) is 111 cm³/mol. The van der Waals surface area contributed by atoms with E-state index in [4.69, 9.17) is 17.3 Å². The van der Waals surface area contributed by atoms with Crippen molar-refractivity contribution >= 4 is 45.6 Å².